The Morgan fingerprint density at radius 2 is 1.95 bits per heavy atom. The molecule has 0 atom stereocenters. The van der Waals surface area contributed by atoms with Gasteiger partial charge in [-0.1, -0.05) is 0 Å². The molecule has 0 spiro atoms. The number of carbonyl (C=O) groups excluding carboxylic acids is 1. The quantitative estimate of drug-likeness (QED) is 0.732. The maximum Gasteiger partial charge on any atom is 0.410 e. The number of aromatic nitrogens is 2. The number of hydrogen-bond acceptors (Lipinski definition) is 6. The first-order chi connectivity index (χ1) is 10.4. The zero-order valence-electron chi connectivity index (χ0n) is 13.8. The van der Waals surface area contributed by atoms with Gasteiger partial charge < -0.3 is 19.7 Å². The van der Waals surface area contributed by atoms with Crippen molar-refractivity contribution in [1.29, 1.82) is 0 Å². The lowest BCUT2D eigenvalue weighted by Crippen LogP contribution is -2.42. The van der Waals surface area contributed by atoms with Gasteiger partial charge in [0, 0.05) is 51.2 Å². The van der Waals surface area contributed by atoms with Crippen LogP contribution in [0.3, 0.4) is 0 Å². The fourth-order valence-corrected chi connectivity index (χ4v) is 1.69. The summed E-state index contributed by atoms with van der Waals surface area (Å²) in [7, 11) is 1.61. The van der Waals surface area contributed by atoms with Gasteiger partial charge in [-0.25, -0.2) is 14.8 Å². The molecular weight excluding hydrogens is 284 g/mol. The van der Waals surface area contributed by atoms with Gasteiger partial charge in [-0.15, -0.1) is 0 Å². The summed E-state index contributed by atoms with van der Waals surface area (Å²) in [4.78, 5) is 21.7. The van der Waals surface area contributed by atoms with Gasteiger partial charge in [-0.2, -0.15) is 0 Å². The van der Waals surface area contributed by atoms with Crippen LogP contribution in [0.5, 0.6) is 0 Å². The van der Waals surface area contributed by atoms with E-state index in [1.807, 2.05) is 20.8 Å². The molecule has 0 aromatic carbocycles. The SMILES string of the molecule is COCCN(CCNCc1cncnc1)C(=O)OC(C)(C)C. The van der Waals surface area contributed by atoms with Gasteiger partial charge in [0.05, 0.1) is 6.61 Å². The molecule has 0 aliphatic rings. The van der Waals surface area contributed by atoms with Crippen LogP contribution in [0.15, 0.2) is 18.7 Å². The van der Waals surface area contributed by atoms with Crippen LogP contribution >= 0.6 is 0 Å². The second-order valence-corrected chi connectivity index (χ2v) is 5.88. The third kappa shape index (κ3) is 7.90. The van der Waals surface area contributed by atoms with Crippen molar-refractivity contribution >= 4 is 6.09 Å². The lowest BCUT2D eigenvalue weighted by Gasteiger charge is -2.27. The van der Waals surface area contributed by atoms with E-state index < -0.39 is 5.60 Å². The van der Waals surface area contributed by atoms with Gasteiger partial charge in [0.25, 0.3) is 0 Å². The molecule has 0 saturated heterocycles. The minimum Gasteiger partial charge on any atom is -0.444 e. The molecule has 1 rings (SSSR count). The van der Waals surface area contributed by atoms with Crippen molar-refractivity contribution in [2.45, 2.75) is 32.9 Å². The predicted octanol–water partition coefficient (Wildman–Crippen LogP) is 1.45. The Kier molecular flexibility index (Phi) is 7.76. The lowest BCUT2D eigenvalue weighted by atomic mass is 10.2. The van der Waals surface area contributed by atoms with E-state index in [0.717, 1.165) is 5.56 Å². The molecule has 1 aromatic heterocycles. The highest BCUT2D eigenvalue weighted by molar-refractivity contribution is 5.68. The number of nitrogens with one attached hydrogen (secondary N) is 1. The fraction of sp³-hybridized carbons (Fsp3) is 0.667. The summed E-state index contributed by atoms with van der Waals surface area (Å²) in [6, 6.07) is 0. The van der Waals surface area contributed by atoms with E-state index in [9.17, 15) is 4.79 Å². The summed E-state index contributed by atoms with van der Waals surface area (Å²) >= 11 is 0. The highest BCUT2D eigenvalue weighted by atomic mass is 16.6. The summed E-state index contributed by atoms with van der Waals surface area (Å²) in [6.45, 7) is 8.40. The molecule has 1 N–H and O–H groups in total. The van der Waals surface area contributed by atoms with Gasteiger partial charge in [-0.3, -0.25) is 0 Å². The van der Waals surface area contributed by atoms with Crippen LogP contribution in [0.4, 0.5) is 4.79 Å². The minimum atomic E-state index is -0.503. The van der Waals surface area contributed by atoms with Gasteiger partial charge in [0.15, 0.2) is 0 Å². The van der Waals surface area contributed by atoms with E-state index in [-0.39, 0.29) is 6.09 Å². The van der Waals surface area contributed by atoms with Crippen molar-refractivity contribution in [3.8, 4) is 0 Å². The van der Waals surface area contributed by atoms with Gasteiger partial charge in [-0.05, 0) is 20.8 Å². The standard InChI is InChI=1S/C15H26N4O3/c1-15(2,3)22-14(20)19(7-8-21-4)6-5-16-9-13-10-17-12-18-11-13/h10-12,16H,5-9H2,1-4H3. The topological polar surface area (TPSA) is 76.6 Å². The number of nitrogens with zero attached hydrogens (tertiary/aromatic N) is 3. The monoisotopic (exact) mass is 310 g/mol. The second kappa shape index (κ2) is 9.32. The van der Waals surface area contributed by atoms with Crippen LogP contribution < -0.4 is 5.32 Å². The second-order valence-electron chi connectivity index (χ2n) is 5.88. The number of rotatable bonds is 8. The molecule has 0 bridgehead atoms. The first-order valence-electron chi connectivity index (χ1n) is 7.34. The van der Waals surface area contributed by atoms with Crippen LogP contribution in [0, 0.1) is 0 Å². The third-order valence-electron chi connectivity index (χ3n) is 2.72. The molecule has 124 valence electrons. The summed E-state index contributed by atoms with van der Waals surface area (Å²) < 4.78 is 10.4. The van der Waals surface area contributed by atoms with Crippen molar-refractivity contribution in [3.05, 3.63) is 24.3 Å². The average molecular weight is 310 g/mol. The molecule has 0 fully saturated rings. The van der Waals surface area contributed by atoms with Crippen LogP contribution in [0.25, 0.3) is 0 Å². The van der Waals surface area contributed by atoms with E-state index in [0.29, 0.717) is 32.8 Å². The van der Waals surface area contributed by atoms with Crippen molar-refractivity contribution in [2.24, 2.45) is 0 Å². The Hall–Kier alpha value is -1.73. The largest absolute Gasteiger partial charge is 0.444 e. The Balaban J connectivity index is 2.39. The summed E-state index contributed by atoms with van der Waals surface area (Å²) in [5.41, 5.74) is 0.500. The Bertz CT molecular complexity index is 434. The van der Waals surface area contributed by atoms with E-state index in [2.05, 4.69) is 15.3 Å². The highest BCUT2D eigenvalue weighted by Crippen LogP contribution is 2.09. The van der Waals surface area contributed by atoms with E-state index >= 15 is 0 Å². The van der Waals surface area contributed by atoms with Crippen LogP contribution in [0.2, 0.25) is 0 Å². The number of methoxy groups -OCH3 is 1. The van der Waals surface area contributed by atoms with Crippen molar-refractivity contribution in [1.82, 2.24) is 20.2 Å². The highest BCUT2D eigenvalue weighted by Gasteiger charge is 2.21. The molecule has 22 heavy (non-hydrogen) atoms. The minimum absolute atomic E-state index is 0.325. The number of ether oxygens (including phenoxy) is 2. The molecule has 7 nitrogen and oxygen atoms in total. The molecule has 0 aliphatic carbocycles. The van der Waals surface area contributed by atoms with Crippen molar-refractivity contribution in [3.63, 3.8) is 0 Å². The number of carbonyl (C=O) groups is 1. The zero-order valence-corrected chi connectivity index (χ0v) is 13.8. The fourth-order valence-electron chi connectivity index (χ4n) is 1.69. The molecule has 0 saturated carbocycles. The van der Waals surface area contributed by atoms with Gasteiger partial charge in [0.2, 0.25) is 0 Å². The molecular formula is C15H26N4O3. The molecule has 1 aromatic rings. The average Bonchev–Trinajstić information content (AvgIpc) is 2.45. The maximum absolute atomic E-state index is 12.1. The predicted molar refractivity (Wildman–Crippen MR) is 83.4 cm³/mol. The van der Waals surface area contributed by atoms with Crippen LogP contribution in [-0.2, 0) is 16.0 Å². The maximum atomic E-state index is 12.1. The first-order valence-corrected chi connectivity index (χ1v) is 7.34. The normalized spacial score (nSPS) is 11.3. The smallest absolute Gasteiger partial charge is 0.410 e. The van der Waals surface area contributed by atoms with Gasteiger partial charge >= 0.3 is 6.09 Å². The van der Waals surface area contributed by atoms with E-state index in [1.54, 1.807) is 24.4 Å². The van der Waals surface area contributed by atoms with E-state index in [4.69, 9.17) is 9.47 Å². The molecule has 1 amide bonds. The van der Waals surface area contributed by atoms with Crippen LogP contribution in [0.1, 0.15) is 26.3 Å². The summed E-state index contributed by atoms with van der Waals surface area (Å²) in [5.74, 6) is 0. The Labute approximate surface area is 132 Å². The van der Waals surface area contributed by atoms with Crippen LogP contribution in [-0.4, -0.2) is 59.9 Å². The van der Waals surface area contributed by atoms with Crippen molar-refractivity contribution in [2.75, 3.05) is 33.4 Å². The third-order valence-corrected chi connectivity index (χ3v) is 2.72. The molecule has 0 radical (unpaired) electrons. The molecule has 7 heteroatoms. The number of hydrogen-bond donors (Lipinski definition) is 1. The molecule has 0 aliphatic heterocycles. The molecule has 0 unspecified atom stereocenters. The van der Waals surface area contributed by atoms with Gasteiger partial charge in [0.1, 0.15) is 11.9 Å². The summed E-state index contributed by atoms with van der Waals surface area (Å²) in [6.07, 6.45) is 4.69. The van der Waals surface area contributed by atoms with E-state index in [1.165, 1.54) is 6.33 Å². The zero-order chi connectivity index (χ0) is 16.4. The Morgan fingerprint density at radius 1 is 1.27 bits per heavy atom. The lowest BCUT2D eigenvalue weighted by molar-refractivity contribution is 0.0204. The first kappa shape index (κ1) is 18.3. The number of amides is 1. The summed E-state index contributed by atoms with van der Waals surface area (Å²) in [5, 5.41) is 3.26. The Morgan fingerprint density at radius 3 is 2.55 bits per heavy atom. The van der Waals surface area contributed by atoms with Crippen molar-refractivity contribution < 1.29 is 14.3 Å². The molecule has 1 heterocycles.